The van der Waals surface area contributed by atoms with Gasteiger partial charge in [-0.15, -0.1) is 11.3 Å². The van der Waals surface area contributed by atoms with E-state index in [1.54, 1.807) is 41.8 Å². The number of carbonyl (C=O) groups excluding carboxylic acids is 1. The number of amides is 1. The van der Waals surface area contributed by atoms with Gasteiger partial charge in [0.05, 0.1) is 6.26 Å². The van der Waals surface area contributed by atoms with Crippen molar-refractivity contribution >= 4 is 38.7 Å². The summed E-state index contributed by atoms with van der Waals surface area (Å²) in [4.78, 5) is 12.3. The highest BCUT2D eigenvalue weighted by Gasteiger charge is 2.32. The third-order valence-electron chi connectivity index (χ3n) is 3.55. The number of benzene rings is 1. The van der Waals surface area contributed by atoms with Crippen LogP contribution >= 0.6 is 22.9 Å². The summed E-state index contributed by atoms with van der Waals surface area (Å²) in [5, 5.41) is 3.76. The van der Waals surface area contributed by atoms with Crippen LogP contribution in [0.2, 0.25) is 5.02 Å². The highest BCUT2D eigenvalue weighted by molar-refractivity contribution is 7.93. The first-order valence-electron chi connectivity index (χ1n) is 7.33. The summed E-state index contributed by atoms with van der Waals surface area (Å²) in [5.41, 5.74) is 0.360. The second kappa shape index (κ2) is 7.43. The topological polar surface area (TPSA) is 76.4 Å². The van der Waals surface area contributed by atoms with Crippen LogP contribution in [-0.2, 0) is 9.84 Å². The average Bonchev–Trinajstić information content (AvgIpc) is 3.28. The summed E-state index contributed by atoms with van der Waals surface area (Å²) in [6.07, 6.45) is 1.41. The number of halogens is 1. The van der Waals surface area contributed by atoms with Gasteiger partial charge in [0.15, 0.2) is 9.84 Å². The molecule has 25 heavy (non-hydrogen) atoms. The SMILES string of the molecule is O=C(NCC(c1ccco1)S(=O)(=O)c1cccs1)c1cccc(Cl)c1. The van der Waals surface area contributed by atoms with Crippen LogP contribution in [0.5, 0.6) is 0 Å². The molecule has 0 aliphatic rings. The Morgan fingerprint density at radius 3 is 2.68 bits per heavy atom. The summed E-state index contributed by atoms with van der Waals surface area (Å²) in [6, 6.07) is 12.8. The molecule has 0 saturated heterocycles. The lowest BCUT2D eigenvalue weighted by molar-refractivity contribution is 0.0953. The normalized spacial score (nSPS) is 12.7. The van der Waals surface area contributed by atoms with E-state index >= 15 is 0 Å². The van der Waals surface area contributed by atoms with Gasteiger partial charge in [-0.2, -0.15) is 0 Å². The maximum Gasteiger partial charge on any atom is 0.251 e. The summed E-state index contributed by atoms with van der Waals surface area (Å²) in [6.45, 7) is -0.112. The van der Waals surface area contributed by atoms with Crippen molar-refractivity contribution in [1.29, 1.82) is 0 Å². The van der Waals surface area contributed by atoms with Crippen molar-refractivity contribution in [2.24, 2.45) is 0 Å². The molecule has 130 valence electrons. The number of furan rings is 1. The Hall–Kier alpha value is -2.09. The largest absolute Gasteiger partial charge is 0.468 e. The lowest BCUT2D eigenvalue weighted by Gasteiger charge is -2.15. The number of rotatable bonds is 6. The molecule has 8 heteroatoms. The van der Waals surface area contributed by atoms with Crippen LogP contribution in [-0.4, -0.2) is 20.9 Å². The third-order valence-corrected chi connectivity index (χ3v) is 7.27. The minimum atomic E-state index is -3.68. The molecule has 0 fully saturated rings. The van der Waals surface area contributed by atoms with E-state index in [-0.39, 0.29) is 16.5 Å². The zero-order valence-corrected chi connectivity index (χ0v) is 15.3. The molecule has 1 unspecified atom stereocenters. The predicted molar refractivity (Wildman–Crippen MR) is 96.7 cm³/mol. The Kier molecular flexibility index (Phi) is 5.27. The van der Waals surface area contributed by atoms with Crippen molar-refractivity contribution in [3.05, 3.63) is 76.5 Å². The molecule has 5 nitrogen and oxygen atoms in total. The first-order valence-corrected chi connectivity index (χ1v) is 10.1. The Labute approximate surface area is 154 Å². The van der Waals surface area contributed by atoms with Gasteiger partial charge < -0.3 is 9.73 Å². The van der Waals surface area contributed by atoms with E-state index in [1.807, 2.05) is 0 Å². The molecule has 1 atom stereocenters. The highest BCUT2D eigenvalue weighted by atomic mass is 35.5. The zero-order valence-electron chi connectivity index (χ0n) is 12.9. The van der Waals surface area contributed by atoms with Crippen molar-refractivity contribution in [2.45, 2.75) is 9.46 Å². The summed E-state index contributed by atoms with van der Waals surface area (Å²) < 4.78 is 31.3. The average molecular weight is 396 g/mol. The minimum Gasteiger partial charge on any atom is -0.468 e. The molecule has 0 radical (unpaired) electrons. The number of hydrogen-bond acceptors (Lipinski definition) is 5. The molecule has 1 amide bonds. The molecular formula is C17H14ClNO4S2. The Morgan fingerprint density at radius 1 is 1.20 bits per heavy atom. The maximum absolute atomic E-state index is 12.9. The van der Waals surface area contributed by atoms with Gasteiger partial charge in [0, 0.05) is 17.1 Å². The fourth-order valence-corrected chi connectivity index (χ4v) is 5.30. The Balaban J connectivity index is 1.83. The third kappa shape index (κ3) is 3.95. The molecule has 0 spiro atoms. The van der Waals surface area contributed by atoms with Gasteiger partial charge in [0.25, 0.3) is 5.91 Å². The van der Waals surface area contributed by atoms with Crippen molar-refractivity contribution in [3.8, 4) is 0 Å². The highest BCUT2D eigenvalue weighted by Crippen LogP contribution is 2.31. The molecular weight excluding hydrogens is 382 g/mol. The lowest BCUT2D eigenvalue weighted by atomic mass is 10.2. The Morgan fingerprint density at radius 2 is 2.04 bits per heavy atom. The van der Waals surface area contributed by atoms with Crippen LogP contribution in [0.3, 0.4) is 0 Å². The number of sulfone groups is 1. The smallest absolute Gasteiger partial charge is 0.251 e. The van der Waals surface area contributed by atoms with Gasteiger partial charge >= 0.3 is 0 Å². The van der Waals surface area contributed by atoms with E-state index in [9.17, 15) is 13.2 Å². The standard InChI is InChI=1S/C17H14ClNO4S2/c18-13-5-1-4-12(10-13)17(20)19-11-15(14-6-2-8-23-14)25(21,22)16-7-3-9-24-16/h1-10,15H,11H2,(H,19,20). The molecule has 0 aliphatic heterocycles. The van der Waals surface area contributed by atoms with Crippen molar-refractivity contribution in [2.75, 3.05) is 6.54 Å². The molecule has 0 saturated carbocycles. The van der Waals surface area contributed by atoms with E-state index in [2.05, 4.69) is 5.32 Å². The quantitative estimate of drug-likeness (QED) is 0.685. The Bertz CT molecular complexity index is 950. The summed E-state index contributed by atoms with van der Waals surface area (Å²) >= 11 is 7.01. The molecule has 3 aromatic rings. The van der Waals surface area contributed by atoms with E-state index in [4.69, 9.17) is 16.0 Å². The van der Waals surface area contributed by atoms with Crippen LogP contribution < -0.4 is 5.32 Å². The zero-order chi connectivity index (χ0) is 17.9. The fraction of sp³-hybridized carbons (Fsp3) is 0.118. The van der Waals surface area contributed by atoms with Gasteiger partial charge in [-0.25, -0.2) is 8.42 Å². The molecule has 2 aromatic heterocycles. The van der Waals surface area contributed by atoms with Crippen molar-refractivity contribution < 1.29 is 17.6 Å². The number of thiophene rings is 1. The number of hydrogen-bond donors (Lipinski definition) is 1. The van der Waals surface area contributed by atoms with Gasteiger partial charge in [-0.05, 0) is 41.8 Å². The number of nitrogens with one attached hydrogen (secondary N) is 1. The van der Waals surface area contributed by atoms with Gasteiger partial charge in [0.1, 0.15) is 15.2 Å². The molecule has 2 heterocycles. The van der Waals surface area contributed by atoms with Crippen molar-refractivity contribution in [1.82, 2.24) is 5.32 Å². The van der Waals surface area contributed by atoms with Gasteiger partial charge in [-0.1, -0.05) is 23.7 Å². The summed E-state index contributed by atoms with van der Waals surface area (Å²) in [5.74, 6) is -0.125. The fourth-order valence-electron chi connectivity index (χ4n) is 2.32. The second-order valence-corrected chi connectivity index (χ2v) is 8.94. The second-order valence-electron chi connectivity index (χ2n) is 5.20. The van der Waals surface area contributed by atoms with E-state index < -0.39 is 21.0 Å². The molecule has 0 bridgehead atoms. The van der Waals surface area contributed by atoms with Crippen LogP contribution in [0.1, 0.15) is 21.4 Å². The molecule has 3 rings (SSSR count). The monoisotopic (exact) mass is 395 g/mol. The van der Waals surface area contributed by atoms with E-state index in [1.165, 1.54) is 18.4 Å². The molecule has 1 aromatic carbocycles. The lowest BCUT2D eigenvalue weighted by Crippen LogP contribution is -2.31. The predicted octanol–water partition coefficient (Wildman–Crippen LogP) is 3.94. The van der Waals surface area contributed by atoms with Crippen molar-refractivity contribution in [3.63, 3.8) is 0 Å². The molecule has 0 aliphatic carbocycles. The first kappa shape index (κ1) is 17.7. The van der Waals surface area contributed by atoms with Crippen LogP contribution in [0.4, 0.5) is 0 Å². The van der Waals surface area contributed by atoms with Crippen LogP contribution in [0, 0.1) is 0 Å². The minimum absolute atomic E-state index is 0.112. The van der Waals surface area contributed by atoms with E-state index in [0.29, 0.717) is 10.6 Å². The van der Waals surface area contributed by atoms with Crippen LogP contribution in [0.25, 0.3) is 0 Å². The molecule has 1 N–H and O–H groups in total. The van der Waals surface area contributed by atoms with Gasteiger partial charge in [-0.3, -0.25) is 4.79 Å². The summed E-state index contributed by atoms with van der Waals surface area (Å²) in [7, 11) is -3.68. The number of carbonyl (C=O) groups is 1. The first-order chi connectivity index (χ1) is 12.0. The maximum atomic E-state index is 12.9. The van der Waals surface area contributed by atoms with Crippen LogP contribution in [0.15, 0.2) is 68.8 Å². The van der Waals surface area contributed by atoms with Gasteiger partial charge in [0.2, 0.25) is 0 Å². The van der Waals surface area contributed by atoms with E-state index in [0.717, 1.165) is 11.3 Å².